The third-order valence-corrected chi connectivity index (χ3v) is 4.61. The Morgan fingerprint density at radius 2 is 1.71 bits per heavy atom. The molecule has 0 aliphatic rings. The molecular weight excluding hydrogens is 234 g/mol. The maximum Gasteiger partial charge on any atom is 0.150 e. The highest BCUT2D eigenvalue weighted by Gasteiger charge is 2.12. The molecule has 0 aliphatic carbocycles. The Morgan fingerprint density at radius 3 is 2.24 bits per heavy atom. The predicted molar refractivity (Wildman–Crippen MR) is 75.1 cm³/mol. The lowest BCUT2D eigenvalue weighted by atomic mass is 10.2. The van der Waals surface area contributed by atoms with Crippen molar-refractivity contribution in [3.8, 4) is 0 Å². The Morgan fingerprint density at radius 1 is 1.06 bits per heavy atom. The highest BCUT2D eigenvalue weighted by Crippen LogP contribution is 2.06. The van der Waals surface area contributed by atoms with Crippen LogP contribution in [0.25, 0.3) is 0 Å². The van der Waals surface area contributed by atoms with Crippen molar-refractivity contribution in [3.05, 3.63) is 0 Å². The van der Waals surface area contributed by atoms with E-state index in [1.165, 1.54) is 0 Å². The maximum atomic E-state index is 11.7. The van der Waals surface area contributed by atoms with Gasteiger partial charge >= 0.3 is 0 Å². The maximum absolute atomic E-state index is 11.7. The molecule has 1 N–H and O–H groups in total. The summed E-state index contributed by atoms with van der Waals surface area (Å²) in [5, 5.41) is 3.37. The summed E-state index contributed by atoms with van der Waals surface area (Å²) >= 11 is 0. The molecule has 0 aromatic heterocycles. The lowest BCUT2D eigenvalue weighted by Crippen LogP contribution is -2.27. The van der Waals surface area contributed by atoms with Crippen LogP contribution in [0.1, 0.15) is 53.4 Å². The molecule has 0 aliphatic heterocycles. The third-order valence-electron chi connectivity index (χ3n) is 2.84. The number of rotatable bonds is 10. The van der Waals surface area contributed by atoms with Crippen LogP contribution in [0.2, 0.25) is 0 Å². The second-order valence-corrected chi connectivity index (χ2v) is 7.64. The van der Waals surface area contributed by atoms with E-state index in [4.69, 9.17) is 0 Å². The number of nitrogens with one attached hydrogen (secondary N) is 1. The second-order valence-electron chi connectivity index (χ2n) is 5.33. The van der Waals surface area contributed by atoms with E-state index in [1.54, 1.807) is 0 Å². The number of hydrogen-bond acceptors (Lipinski definition) is 3. The zero-order valence-electron chi connectivity index (χ0n) is 11.8. The summed E-state index contributed by atoms with van der Waals surface area (Å²) in [6, 6.07) is 0.426. The van der Waals surface area contributed by atoms with Gasteiger partial charge in [0.15, 0.2) is 0 Å². The van der Waals surface area contributed by atoms with Crippen molar-refractivity contribution in [1.82, 2.24) is 5.32 Å². The van der Waals surface area contributed by atoms with E-state index in [0.29, 0.717) is 23.5 Å². The fraction of sp³-hybridized carbons (Fsp3) is 1.00. The zero-order valence-corrected chi connectivity index (χ0v) is 12.6. The van der Waals surface area contributed by atoms with Gasteiger partial charge in [-0.3, -0.25) is 0 Å². The largest absolute Gasteiger partial charge is 0.314 e. The van der Waals surface area contributed by atoms with E-state index in [0.717, 1.165) is 32.2 Å². The Bertz CT molecular complexity index is 273. The molecule has 17 heavy (non-hydrogen) atoms. The molecule has 0 heterocycles. The molecular formula is C13H29NO2S. The monoisotopic (exact) mass is 263 g/mol. The minimum Gasteiger partial charge on any atom is -0.314 e. The average Bonchev–Trinajstić information content (AvgIpc) is 2.23. The summed E-state index contributed by atoms with van der Waals surface area (Å²) in [6.07, 6.45) is 3.63. The fourth-order valence-corrected chi connectivity index (χ4v) is 3.26. The van der Waals surface area contributed by atoms with Crippen LogP contribution in [0.5, 0.6) is 0 Å². The molecule has 0 aromatic rings. The molecule has 0 aromatic carbocycles. The van der Waals surface area contributed by atoms with Crippen LogP contribution in [0, 0.1) is 5.92 Å². The van der Waals surface area contributed by atoms with Crippen LogP contribution < -0.4 is 5.32 Å². The van der Waals surface area contributed by atoms with Crippen molar-refractivity contribution < 1.29 is 8.42 Å². The van der Waals surface area contributed by atoms with Crippen molar-refractivity contribution in [1.29, 1.82) is 0 Å². The molecule has 4 heteroatoms. The number of sulfone groups is 1. The quantitative estimate of drug-likeness (QED) is 0.659. The molecule has 0 saturated carbocycles. The molecule has 0 rings (SSSR count). The van der Waals surface area contributed by atoms with E-state index < -0.39 is 9.84 Å². The Kier molecular flexibility index (Phi) is 8.88. The van der Waals surface area contributed by atoms with Gasteiger partial charge in [0.05, 0.1) is 11.5 Å². The molecule has 104 valence electrons. The van der Waals surface area contributed by atoms with Gasteiger partial charge in [0.25, 0.3) is 0 Å². The lowest BCUT2D eigenvalue weighted by molar-refractivity contribution is 0.505. The van der Waals surface area contributed by atoms with Gasteiger partial charge in [-0.25, -0.2) is 8.42 Å². The van der Waals surface area contributed by atoms with E-state index in [9.17, 15) is 8.42 Å². The highest BCUT2D eigenvalue weighted by molar-refractivity contribution is 7.91. The smallest absolute Gasteiger partial charge is 0.150 e. The van der Waals surface area contributed by atoms with Crippen LogP contribution in [-0.2, 0) is 9.84 Å². The molecule has 1 atom stereocenters. The van der Waals surface area contributed by atoms with Gasteiger partial charge in [0, 0.05) is 6.04 Å². The summed E-state index contributed by atoms with van der Waals surface area (Å²) in [5.74, 6) is 1.16. The molecule has 0 radical (unpaired) electrons. The molecule has 0 bridgehead atoms. The van der Waals surface area contributed by atoms with Crippen molar-refractivity contribution in [2.75, 3.05) is 18.1 Å². The predicted octanol–water partition coefficient (Wildman–Crippen LogP) is 2.62. The van der Waals surface area contributed by atoms with Gasteiger partial charge in [-0.15, -0.1) is 0 Å². The van der Waals surface area contributed by atoms with E-state index in [2.05, 4.69) is 33.0 Å². The van der Waals surface area contributed by atoms with Gasteiger partial charge in [0.2, 0.25) is 0 Å². The summed E-state index contributed by atoms with van der Waals surface area (Å²) in [4.78, 5) is 0. The SMILES string of the molecule is CCCNC(C)CCCS(=O)(=O)CCC(C)C. The summed E-state index contributed by atoms with van der Waals surface area (Å²) in [7, 11) is -2.82. The molecule has 3 nitrogen and oxygen atoms in total. The van der Waals surface area contributed by atoms with Gasteiger partial charge < -0.3 is 5.32 Å². The Labute approximate surface area is 107 Å². The van der Waals surface area contributed by atoms with Crippen LogP contribution in [0.4, 0.5) is 0 Å². The van der Waals surface area contributed by atoms with Crippen molar-refractivity contribution >= 4 is 9.84 Å². The first-order valence-electron chi connectivity index (χ1n) is 6.81. The summed E-state index contributed by atoms with van der Waals surface area (Å²) in [6.45, 7) is 9.40. The van der Waals surface area contributed by atoms with Crippen LogP contribution in [0.3, 0.4) is 0 Å². The first-order chi connectivity index (χ1) is 7.87. The third kappa shape index (κ3) is 10.8. The van der Waals surface area contributed by atoms with Crippen LogP contribution in [0.15, 0.2) is 0 Å². The molecule has 0 amide bonds. The number of hydrogen-bond donors (Lipinski definition) is 1. The van der Waals surface area contributed by atoms with Gasteiger partial charge in [0.1, 0.15) is 9.84 Å². The van der Waals surface area contributed by atoms with Crippen LogP contribution in [-0.4, -0.2) is 32.5 Å². The molecule has 0 saturated heterocycles. The zero-order chi connectivity index (χ0) is 13.3. The molecule has 0 spiro atoms. The first kappa shape index (κ1) is 16.9. The van der Waals surface area contributed by atoms with Crippen LogP contribution >= 0.6 is 0 Å². The normalized spacial score (nSPS) is 14.2. The minimum absolute atomic E-state index is 0.345. The molecule has 1 unspecified atom stereocenters. The van der Waals surface area contributed by atoms with E-state index in [1.807, 2.05) is 0 Å². The second kappa shape index (κ2) is 8.92. The van der Waals surface area contributed by atoms with Crippen molar-refractivity contribution in [3.63, 3.8) is 0 Å². The lowest BCUT2D eigenvalue weighted by Gasteiger charge is -2.13. The van der Waals surface area contributed by atoms with Crippen molar-refractivity contribution in [2.24, 2.45) is 5.92 Å². The molecule has 0 fully saturated rings. The summed E-state index contributed by atoms with van der Waals surface area (Å²) < 4.78 is 23.4. The van der Waals surface area contributed by atoms with Gasteiger partial charge in [-0.2, -0.15) is 0 Å². The Hall–Kier alpha value is -0.0900. The fourth-order valence-electron chi connectivity index (χ4n) is 1.62. The van der Waals surface area contributed by atoms with E-state index >= 15 is 0 Å². The standard InChI is InChI=1S/C13H29NO2S/c1-5-9-14-13(4)7-6-10-17(15,16)11-8-12(2)3/h12-14H,5-11H2,1-4H3. The highest BCUT2D eigenvalue weighted by atomic mass is 32.2. The van der Waals surface area contributed by atoms with Gasteiger partial charge in [-0.1, -0.05) is 20.8 Å². The summed E-state index contributed by atoms with van der Waals surface area (Å²) in [5.41, 5.74) is 0. The minimum atomic E-state index is -2.82. The Balaban J connectivity index is 3.71. The van der Waals surface area contributed by atoms with Crippen molar-refractivity contribution in [2.45, 2.75) is 59.4 Å². The topological polar surface area (TPSA) is 46.2 Å². The van der Waals surface area contributed by atoms with E-state index in [-0.39, 0.29) is 0 Å². The average molecular weight is 263 g/mol. The first-order valence-corrected chi connectivity index (χ1v) is 8.63. The van der Waals surface area contributed by atoms with Gasteiger partial charge in [-0.05, 0) is 45.1 Å².